The van der Waals surface area contributed by atoms with Gasteiger partial charge in [-0.2, -0.15) is 0 Å². The van der Waals surface area contributed by atoms with Crippen LogP contribution in [0.2, 0.25) is 0 Å². The normalized spacial score (nSPS) is 13.7. The molecule has 4 heterocycles. The van der Waals surface area contributed by atoms with Crippen molar-refractivity contribution in [3.8, 4) is 22.4 Å². The van der Waals surface area contributed by atoms with Gasteiger partial charge in [0.2, 0.25) is 0 Å². The average molecular weight is 414 g/mol. The van der Waals surface area contributed by atoms with Gasteiger partial charge in [0.05, 0.1) is 5.69 Å². The van der Waals surface area contributed by atoms with Gasteiger partial charge in [0, 0.05) is 66.8 Å². The van der Waals surface area contributed by atoms with E-state index in [-0.39, 0.29) is 0 Å². The number of piperazine rings is 1. The number of H-pyrrole nitrogens is 1. The lowest BCUT2D eigenvalue weighted by Gasteiger charge is -2.28. The molecule has 1 aromatic carbocycles. The summed E-state index contributed by atoms with van der Waals surface area (Å²) in [5, 5.41) is 4.63. The van der Waals surface area contributed by atoms with E-state index in [4.69, 9.17) is 4.98 Å². The van der Waals surface area contributed by atoms with Gasteiger partial charge in [-0.3, -0.25) is 4.98 Å². The first kappa shape index (κ1) is 21.1. The molecule has 5 heteroatoms. The van der Waals surface area contributed by atoms with Crippen LogP contribution in [0.4, 0.5) is 5.82 Å². The highest BCUT2D eigenvalue weighted by Crippen LogP contribution is 2.32. The summed E-state index contributed by atoms with van der Waals surface area (Å²) in [5.41, 5.74) is 8.14. The number of benzene rings is 1. The Morgan fingerprint density at radius 3 is 2.32 bits per heavy atom. The standard InChI is InChI=1S/C24H25N5.C2H6/c1-16-11-20(14-26-13-16)24-17(2)21-5-3-18(12-22(21)28-24)19-4-6-23(27-15-19)29-9-7-25-8-10-29;1-2/h3-6,11-15,25,28H,7-10H2,1-2H3;1-2H3. The van der Waals surface area contributed by atoms with Crippen LogP contribution >= 0.6 is 0 Å². The second-order valence-corrected chi connectivity index (χ2v) is 7.78. The third kappa shape index (κ3) is 4.32. The first-order valence-electron chi connectivity index (χ1n) is 11.2. The van der Waals surface area contributed by atoms with E-state index in [1.165, 1.54) is 16.5 Å². The van der Waals surface area contributed by atoms with E-state index in [1.807, 2.05) is 32.4 Å². The van der Waals surface area contributed by atoms with Gasteiger partial charge in [0.25, 0.3) is 0 Å². The minimum Gasteiger partial charge on any atom is -0.354 e. The van der Waals surface area contributed by atoms with Gasteiger partial charge in [-0.15, -0.1) is 0 Å². The van der Waals surface area contributed by atoms with Gasteiger partial charge in [-0.05, 0) is 54.8 Å². The van der Waals surface area contributed by atoms with Crippen molar-refractivity contribution in [1.82, 2.24) is 20.3 Å². The topological polar surface area (TPSA) is 56.8 Å². The largest absolute Gasteiger partial charge is 0.354 e. The molecule has 0 aliphatic carbocycles. The van der Waals surface area contributed by atoms with Crippen molar-refractivity contribution in [3.05, 3.63) is 66.1 Å². The van der Waals surface area contributed by atoms with E-state index in [2.05, 4.69) is 70.4 Å². The lowest BCUT2D eigenvalue weighted by atomic mass is 10.0. The van der Waals surface area contributed by atoms with E-state index in [0.717, 1.165) is 59.9 Å². The summed E-state index contributed by atoms with van der Waals surface area (Å²) in [7, 11) is 0. The van der Waals surface area contributed by atoms with Gasteiger partial charge >= 0.3 is 0 Å². The van der Waals surface area contributed by atoms with Crippen molar-refractivity contribution in [2.24, 2.45) is 0 Å². The summed E-state index contributed by atoms with van der Waals surface area (Å²) >= 11 is 0. The zero-order valence-electron chi connectivity index (χ0n) is 18.9. The Morgan fingerprint density at radius 1 is 0.839 bits per heavy atom. The molecule has 3 aromatic heterocycles. The Kier molecular flexibility index (Phi) is 6.33. The highest BCUT2D eigenvalue weighted by atomic mass is 15.2. The van der Waals surface area contributed by atoms with Crippen LogP contribution in [0.3, 0.4) is 0 Å². The third-order valence-corrected chi connectivity index (χ3v) is 5.74. The molecule has 5 nitrogen and oxygen atoms in total. The van der Waals surface area contributed by atoms with Crippen molar-refractivity contribution in [2.75, 3.05) is 31.1 Å². The Balaban J connectivity index is 0.00000112. The Labute approximate surface area is 184 Å². The Hall–Kier alpha value is -3.18. The molecule has 0 bridgehead atoms. The smallest absolute Gasteiger partial charge is 0.128 e. The highest BCUT2D eigenvalue weighted by Gasteiger charge is 2.13. The van der Waals surface area contributed by atoms with Crippen LogP contribution in [0.5, 0.6) is 0 Å². The number of pyridine rings is 2. The van der Waals surface area contributed by atoms with E-state index < -0.39 is 0 Å². The molecule has 0 unspecified atom stereocenters. The van der Waals surface area contributed by atoms with Crippen LogP contribution in [-0.4, -0.2) is 41.1 Å². The van der Waals surface area contributed by atoms with Crippen LogP contribution in [0.1, 0.15) is 25.0 Å². The van der Waals surface area contributed by atoms with Crippen molar-refractivity contribution in [3.63, 3.8) is 0 Å². The molecule has 5 rings (SSSR count). The maximum Gasteiger partial charge on any atom is 0.128 e. The number of hydrogen-bond acceptors (Lipinski definition) is 4. The molecule has 1 fully saturated rings. The third-order valence-electron chi connectivity index (χ3n) is 5.74. The molecular formula is C26H31N5. The molecule has 31 heavy (non-hydrogen) atoms. The lowest BCUT2D eigenvalue weighted by Crippen LogP contribution is -2.43. The molecular weight excluding hydrogens is 382 g/mol. The first-order chi connectivity index (χ1) is 15.2. The maximum absolute atomic E-state index is 4.72. The molecule has 1 aliphatic rings. The van der Waals surface area contributed by atoms with Gasteiger partial charge in [-0.1, -0.05) is 26.0 Å². The van der Waals surface area contributed by atoms with Gasteiger partial charge in [-0.25, -0.2) is 4.98 Å². The fourth-order valence-electron chi connectivity index (χ4n) is 4.14. The van der Waals surface area contributed by atoms with Gasteiger partial charge in [0.15, 0.2) is 0 Å². The minimum atomic E-state index is 1.01. The molecule has 0 spiro atoms. The van der Waals surface area contributed by atoms with Crippen molar-refractivity contribution >= 4 is 16.7 Å². The van der Waals surface area contributed by atoms with E-state index in [9.17, 15) is 0 Å². The summed E-state index contributed by atoms with van der Waals surface area (Å²) in [6.45, 7) is 12.3. The van der Waals surface area contributed by atoms with Gasteiger partial charge in [0.1, 0.15) is 5.82 Å². The van der Waals surface area contributed by atoms with Crippen molar-refractivity contribution in [2.45, 2.75) is 27.7 Å². The van der Waals surface area contributed by atoms with E-state index in [0.29, 0.717) is 0 Å². The summed E-state index contributed by atoms with van der Waals surface area (Å²) in [6.07, 6.45) is 5.79. The molecule has 1 aliphatic heterocycles. The Morgan fingerprint density at radius 2 is 1.61 bits per heavy atom. The monoisotopic (exact) mass is 413 g/mol. The molecule has 1 saturated heterocycles. The number of aromatic nitrogens is 3. The molecule has 0 amide bonds. The fourth-order valence-corrected chi connectivity index (χ4v) is 4.14. The molecule has 0 atom stereocenters. The second kappa shape index (κ2) is 9.31. The predicted octanol–water partition coefficient (Wildman–Crippen LogP) is 5.34. The lowest BCUT2D eigenvalue weighted by molar-refractivity contribution is 0.585. The van der Waals surface area contributed by atoms with Crippen molar-refractivity contribution in [1.29, 1.82) is 0 Å². The van der Waals surface area contributed by atoms with E-state index in [1.54, 1.807) is 0 Å². The molecule has 0 saturated carbocycles. The number of fused-ring (bicyclic) bond motifs is 1. The quantitative estimate of drug-likeness (QED) is 0.476. The predicted molar refractivity (Wildman–Crippen MR) is 131 cm³/mol. The SMILES string of the molecule is CC.Cc1cncc(-c2[nH]c3cc(-c4ccc(N5CCNCC5)nc4)ccc3c2C)c1. The average Bonchev–Trinajstić information content (AvgIpc) is 3.17. The van der Waals surface area contributed by atoms with Crippen LogP contribution in [-0.2, 0) is 0 Å². The molecule has 160 valence electrons. The zero-order valence-corrected chi connectivity index (χ0v) is 18.9. The minimum absolute atomic E-state index is 1.01. The molecule has 4 aromatic rings. The second-order valence-electron chi connectivity index (χ2n) is 7.78. The fraction of sp³-hybridized carbons (Fsp3) is 0.308. The van der Waals surface area contributed by atoms with Crippen LogP contribution in [0.25, 0.3) is 33.3 Å². The number of rotatable bonds is 3. The molecule has 0 radical (unpaired) electrons. The number of nitrogens with one attached hydrogen (secondary N) is 2. The number of aromatic amines is 1. The first-order valence-corrected chi connectivity index (χ1v) is 11.2. The maximum atomic E-state index is 4.72. The van der Waals surface area contributed by atoms with Crippen LogP contribution in [0.15, 0.2) is 55.0 Å². The number of nitrogens with zero attached hydrogens (tertiary/aromatic N) is 3. The van der Waals surface area contributed by atoms with Crippen LogP contribution < -0.4 is 10.2 Å². The Bertz CT molecular complexity index is 1150. The summed E-state index contributed by atoms with van der Waals surface area (Å²) in [6, 6.07) is 13.1. The zero-order chi connectivity index (χ0) is 21.8. The molecule has 2 N–H and O–H groups in total. The number of hydrogen-bond donors (Lipinski definition) is 2. The summed E-state index contributed by atoms with van der Waals surface area (Å²) in [5.74, 6) is 1.06. The van der Waals surface area contributed by atoms with E-state index >= 15 is 0 Å². The number of aryl methyl sites for hydroxylation is 2. The van der Waals surface area contributed by atoms with Crippen LogP contribution in [0, 0.1) is 13.8 Å². The highest BCUT2D eigenvalue weighted by molar-refractivity contribution is 5.93. The number of anilines is 1. The van der Waals surface area contributed by atoms with Crippen molar-refractivity contribution < 1.29 is 0 Å². The summed E-state index contributed by atoms with van der Waals surface area (Å²) < 4.78 is 0. The van der Waals surface area contributed by atoms with Gasteiger partial charge < -0.3 is 15.2 Å². The summed E-state index contributed by atoms with van der Waals surface area (Å²) in [4.78, 5) is 15.0.